The number of hydrogen-bond acceptors (Lipinski definition) is 6. The second-order valence-electron chi connectivity index (χ2n) is 6.58. The van der Waals surface area contributed by atoms with E-state index in [-0.39, 0.29) is 30.3 Å². The van der Waals surface area contributed by atoms with Crippen LogP contribution < -0.4 is 20.1 Å². The number of aromatic nitrogens is 3. The molecule has 30 heavy (non-hydrogen) atoms. The van der Waals surface area contributed by atoms with Gasteiger partial charge in [-0.05, 0) is 29.8 Å². The zero-order valence-corrected chi connectivity index (χ0v) is 16.9. The van der Waals surface area contributed by atoms with Crippen LogP contribution in [0.4, 0.5) is 11.9 Å². The van der Waals surface area contributed by atoms with Crippen LogP contribution in [0.1, 0.15) is 28.4 Å². The predicted octanol–water partition coefficient (Wildman–Crippen LogP) is 3.13. The SMILES string of the molecule is COc1cc(OC)cc(C(=O)Nc2nc3n(n2)[C@H](c2ccc(Cl)cc2)CC(=O)N3)c1. The lowest BCUT2D eigenvalue weighted by atomic mass is 10.0. The molecule has 0 unspecified atom stereocenters. The fourth-order valence-corrected chi connectivity index (χ4v) is 3.30. The molecule has 2 N–H and O–H groups in total. The molecule has 154 valence electrons. The second-order valence-corrected chi connectivity index (χ2v) is 7.02. The first kappa shape index (κ1) is 19.7. The summed E-state index contributed by atoms with van der Waals surface area (Å²) in [6.45, 7) is 0. The Morgan fingerprint density at radius 1 is 1.17 bits per heavy atom. The van der Waals surface area contributed by atoms with E-state index in [0.717, 1.165) is 5.56 Å². The average molecular weight is 428 g/mol. The molecule has 0 fully saturated rings. The van der Waals surface area contributed by atoms with Gasteiger partial charge in [0.2, 0.25) is 11.9 Å². The Morgan fingerprint density at radius 3 is 2.47 bits per heavy atom. The number of halogens is 1. The molecule has 0 saturated carbocycles. The lowest BCUT2D eigenvalue weighted by Gasteiger charge is -2.23. The van der Waals surface area contributed by atoms with Crippen LogP contribution in [0, 0.1) is 0 Å². The Kier molecular flexibility index (Phi) is 5.28. The number of benzene rings is 2. The van der Waals surface area contributed by atoms with Crippen molar-refractivity contribution in [3.05, 3.63) is 58.6 Å². The van der Waals surface area contributed by atoms with Crippen LogP contribution in [-0.4, -0.2) is 40.8 Å². The van der Waals surface area contributed by atoms with Crippen molar-refractivity contribution in [3.63, 3.8) is 0 Å². The monoisotopic (exact) mass is 427 g/mol. The summed E-state index contributed by atoms with van der Waals surface area (Å²) in [5.74, 6) is 0.649. The fourth-order valence-electron chi connectivity index (χ4n) is 3.17. The van der Waals surface area contributed by atoms with Gasteiger partial charge in [-0.3, -0.25) is 20.2 Å². The molecule has 0 aliphatic carbocycles. The Hall–Kier alpha value is -3.59. The molecular formula is C20H18ClN5O4. The number of ether oxygens (including phenoxy) is 2. The third-order valence-corrected chi connectivity index (χ3v) is 4.90. The van der Waals surface area contributed by atoms with Crippen molar-refractivity contribution in [1.29, 1.82) is 0 Å². The van der Waals surface area contributed by atoms with Crippen molar-refractivity contribution in [1.82, 2.24) is 14.8 Å². The van der Waals surface area contributed by atoms with E-state index in [0.29, 0.717) is 22.1 Å². The smallest absolute Gasteiger partial charge is 0.258 e. The average Bonchev–Trinajstić information content (AvgIpc) is 3.15. The number of anilines is 2. The Balaban J connectivity index is 1.62. The number of methoxy groups -OCH3 is 2. The molecule has 0 spiro atoms. The molecule has 0 radical (unpaired) electrons. The summed E-state index contributed by atoms with van der Waals surface area (Å²) in [5, 5.41) is 10.3. The first-order valence-corrected chi connectivity index (χ1v) is 9.41. The molecule has 9 nitrogen and oxygen atoms in total. The number of carbonyl (C=O) groups is 2. The normalized spacial score (nSPS) is 15.2. The molecule has 4 rings (SSSR count). The summed E-state index contributed by atoms with van der Waals surface area (Å²) in [6.07, 6.45) is 0.193. The van der Waals surface area contributed by atoms with Crippen LogP contribution in [0.3, 0.4) is 0 Å². The molecule has 2 aromatic carbocycles. The molecule has 10 heteroatoms. The number of rotatable bonds is 5. The van der Waals surface area contributed by atoms with Crippen LogP contribution >= 0.6 is 11.6 Å². The van der Waals surface area contributed by atoms with E-state index < -0.39 is 5.91 Å². The lowest BCUT2D eigenvalue weighted by molar-refractivity contribution is -0.117. The number of amides is 2. The van der Waals surface area contributed by atoms with E-state index in [9.17, 15) is 9.59 Å². The van der Waals surface area contributed by atoms with Crippen LogP contribution in [0.15, 0.2) is 42.5 Å². The van der Waals surface area contributed by atoms with Crippen molar-refractivity contribution < 1.29 is 19.1 Å². The quantitative estimate of drug-likeness (QED) is 0.647. The Labute approximate surface area is 177 Å². The summed E-state index contributed by atoms with van der Waals surface area (Å²) in [4.78, 5) is 29.1. The maximum Gasteiger partial charge on any atom is 0.258 e. The van der Waals surface area contributed by atoms with E-state index >= 15 is 0 Å². The molecule has 1 aliphatic heterocycles. The highest BCUT2D eigenvalue weighted by Gasteiger charge is 2.29. The highest BCUT2D eigenvalue weighted by atomic mass is 35.5. The number of nitrogens with one attached hydrogen (secondary N) is 2. The lowest BCUT2D eigenvalue weighted by Crippen LogP contribution is -2.29. The van der Waals surface area contributed by atoms with Crippen molar-refractivity contribution in [2.45, 2.75) is 12.5 Å². The van der Waals surface area contributed by atoms with Gasteiger partial charge in [0.1, 0.15) is 11.5 Å². The standard InChI is InChI=1S/C20H18ClN5O4/c1-29-14-7-12(8-15(9-14)30-2)18(28)23-19-24-20-22-17(27)10-16(26(20)25-19)11-3-5-13(21)6-4-11/h3-9,16H,10H2,1-2H3,(H2,22,23,24,25,27,28)/t16-/m0/s1. The number of hydrogen-bond donors (Lipinski definition) is 2. The van der Waals surface area contributed by atoms with Gasteiger partial charge in [-0.1, -0.05) is 23.7 Å². The van der Waals surface area contributed by atoms with Crippen LogP contribution in [-0.2, 0) is 4.79 Å². The van der Waals surface area contributed by atoms with Crippen LogP contribution in [0.5, 0.6) is 11.5 Å². The highest BCUT2D eigenvalue weighted by Crippen LogP contribution is 2.30. The fraction of sp³-hybridized carbons (Fsp3) is 0.200. The van der Waals surface area contributed by atoms with Gasteiger partial charge < -0.3 is 9.47 Å². The van der Waals surface area contributed by atoms with Crippen molar-refractivity contribution in [2.75, 3.05) is 24.9 Å². The van der Waals surface area contributed by atoms with Gasteiger partial charge in [-0.25, -0.2) is 4.68 Å². The predicted molar refractivity (Wildman–Crippen MR) is 110 cm³/mol. The maximum atomic E-state index is 12.7. The highest BCUT2D eigenvalue weighted by molar-refractivity contribution is 6.30. The minimum Gasteiger partial charge on any atom is -0.497 e. The number of nitrogens with zero attached hydrogens (tertiary/aromatic N) is 3. The molecule has 0 bridgehead atoms. The van der Waals surface area contributed by atoms with E-state index in [1.54, 1.807) is 35.0 Å². The minimum atomic E-state index is -0.440. The second kappa shape index (κ2) is 8.03. The first-order valence-electron chi connectivity index (χ1n) is 9.03. The maximum absolute atomic E-state index is 12.7. The molecule has 1 aromatic heterocycles. The van der Waals surface area contributed by atoms with Crippen LogP contribution in [0.2, 0.25) is 5.02 Å². The summed E-state index contributed by atoms with van der Waals surface area (Å²) in [7, 11) is 3.00. The minimum absolute atomic E-state index is 0.0675. The van der Waals surface area contributed by atoms with E-state index in [1.165, 1.54) is 14.2 Å². The number of fused-ring (bicyclic) bond motifs is 1. The van der Waals surface area contributed by atoms with E-state index in [1.807, 2.05) is 12.1 Å². The Morgan fingerprint density at radius 2 is 1.83 bits per heavy atom. The van der Waals surface area contributed by atoms with Gasteiger partial charge in [0, 0.05) is 16.7 Å². The van der Waals surface area contributed by atoms with Gasteiger partial charge >= 0.3 is 0 Å². The summed E-state index contributed by atoms with van der Waals surface area (Å²) in [6, 6.07) is 11.6. The van der Waals surface area contributed by atoms with E-state index in [2.05, 4.69) is 20.7 Å². The van der Waals surface area contributed by atoms with Crippen LogP contribution in [0.25, 0.3) is 0 Å². The third-order valence-electron chi connectivity index (χ3n) is 4.65. The van der Waals surface area contributed by atoms with Crippen molar-refractivity contribution >= 4 is 35.3 Å². The molecule has 1 atom stereocenters. The van der Waals surface area contributed by atoms with Gasteiger partial charge in [0.25, 0.3) is 11.9 Å². The van der Waals surface area contributed by atoms with Gasteiger partial charge in [-0.15, -0.1) is 5.10 Å². The number of carbonyl (C=O) groups excluding carboxylic acids is 2. The Bertz CT molecular complexity index is 1090. The van der Waals surface area contributed by atoms with Gasteiger partial charge in [0.05, 0.1) is 26.7 Å². The first-order chi connectivity index (χ1) is 14.5. The molecule has 1 aliphatic rings. The van der Waals surface area contributed by atoms with Crippen molar-refractivity contribution in [3.8, 4) is 11.5 Å². The zero-order valence-electron chi connectivity index (χ0n) is 16.2. The van der Waals surface area contributed by atoms with Crippen molar-refractivity contribution in [2.24, 2.45) is 0 Å². The third kappa shape index (κ3) is 3.92. The molecular weight excluding hydrogens is 410 g/mol. The summed E-state index contributed by atoms with van der Waals surface area (Å²) in [5.41, 5.74) is 1.17. The zero-order chi connectivity index (χ0) is 21.3. The molecule has 3 aromatic rings. The molecule has 0 saturated heterocycles. The van der Waals surface area contributed by atoms with Gasteiger partial charge in [-0.2, -0.15) is 4.98 Å². The van der Waals surface area contributed by atoms with Gasteiger partial charge in [0.15, 0.2) is 0 Å². The largest absolute Gasteiger partial charge is 0.497 e. The van der Waals surface area contributed by atoms with E-state index in [4.69, 9.17) is 21.1 Å². The molecule has 2 heterocycles. The molecule has 2 amide bonds. The summed E-state index contributed by atoms with van der Waals surface area (Å²) < 4.78 is 12.0. The topological polar surface area (TPSA) is 107 Å². The summed E-state index contributed by atoms with van der Waals surface area (Å²) >= 11 is 5.96.